The Morgan fingerprint density at radius 1 is 1.35 bits per heavy atom. The predicted molar refractivity (Wildman–Crippen MR) is 93.5 cm³/mol. The maximum Gasteiger partial charge on any atom is 0.270 e. The highest BCUT2D eigenvalue weighted by Gasteiger charge is 2.35. The third-order valence-corrected chi connectivity index (χ3v) is 5.05. The minimum absolute atomic E-state index is 0.0288. The standard InChI is InChI=1S/C17H17BrN4O/c1-11-14-5-3-2-4-12(14)6-7-21(11)17(23)15-8-16-19-9-13(18)10-22(16)20-15/h2-5,9-11,16H,6-8H2,1H3. The lowest BCUT2D eigenvalue weighted by Crippen LogP contribution is -2.42. The fourth-order valence-corrected chi connectivity index (χ4v) is 3.74. The second-order valence-corrected chi connectivity index (χ2v) is 6.94. The van der Waals surface area contributed by atoms with Crippen molar-refractivity contribution < 1.29 is 4.79 Å². The molecule has 0 saturated heterocycles. The van der Waals surface area contributed by atoms with Gasteiger partial charge in [-0.05, 0) is 40.4 Å². The Balaban J connectivity index is 1.57. The van der Waals surface area contributed by atoms with E-state index in [1.54, 1.807) is 11.2 Å². The molecule has 23 heavy (non-hydrogen) atoms. The zero-order valence-electron chi connectivity index (χ0n) is 12.8. The van der Waals surface area contributed by atoms with E-state index >= 15 is 0 Å². The number of hydrogen-bond donors (Lipinski definition) is 0. The monoisotopic (exact) mass is 372 g/mol. The van der Waals surface area contributed by atoms with Crippen molar-refractivity contribution in [2.45, 2.75) is 32.0 Å². The smallest absolute Gasteiger partial charge is 0.270 e. The maximum absolute atomic E-state index is 12.9. The summed E-state index contributed by atoms with van der Waals surface area (Å²) in [5.41, 5.74) is 3.17. The van der Waals surface area contributed by atoms with E-state index in [2.05, 4.69) is 51.1 Å². The first-order chi connectivity index (χ1) is 11.1. The molecule has 0 saturated carbocycles. The van der Waals surface area contributed by atoms with Gasteiger partial charge in [0, 0.05) is 25.4 Å². The van der Waals surface area contributed by atoms with Crippen LogP contribution in [-0.2, 0) is 11.2 Å². The zero-order chi connectivity index (χ0) is 16.0. The molecule has 0 bridgehead atoms. The summed E-state index contributed by atoms with van der Waals surface area (Å²) < 4.78 is 0.867. The fraction of sp³-hybridized carbons (Fsp3) is 0.353. The number of amides is 1. The van der Waals surface area contributed by atoms with Crippen molar-refractivity contribution in [1.29, 1.82) is 0 Å². The molecular weight excluding hydrogens is 356 g/mol. The Labute approximate surface area is 143 Å². The molecule has 118 valence electrons. The van der Waals surface area contributed by atoms with Gasteiger partial charge in [0.15, 0.2) is 0 Å². The van der Waals surface area contributed by atoms with Gasteiger partial charge in [0.25, 0.3) is 5.91 Å². The molecular formula is C17H17BrN4O. The lowest BCUT2D eigenvalue weighted by molar-refractivity contribution is -0.126. The molecule has 3 aliphatic heterocycles. The minimum Gasteiger partial charge on any atom is -0.330 e. The summed E-state index contributed by atoms with van der Waals surface area (Å²) in [4.78, 5) is 19.3. The van der Waals surface area contributed by atoms with E-state index in [9.17, 15) is 4.79 Å². The quantitative estimate of drug-likeness (QED) is 0.760. The Hall–Kier alpha value is -1.95. The predicted octanol–water partition coefficient (Wildman–Crippen LogP) is 2.84. The van der Waals surface area contributed by atoms with E-state index in [1.807, 2.05) is 17.2 Å². The number of carbonyl (C=O) groups excluding carboxylic acids is 1. The Morgan fingerprint density at radius 3 is 3.04 bits per heavy atom. The van der Waals surface area contributed by atoms with Crippen molar-refractivity contribution in [2.75, 3.05) is 6.54 Å². The number of halogens is 1. The minimum atomic E-state index is -0.0809. The Morgan fingerprint density at radius 2 is 2.17 bits per heavy atom. The number of rotatable bonds is 1. The van der Waals surface area contributed by atoms with Crippen molar-refractivity contribution in [3.05, 3.63) is 46.1 Å². The first kappa shape index (κ1) is 14.6. The van der Waals surface area contributed by atoms with Crippen molar-refractivity contribution in [3.63, 3.8) is 0 Å². The molecule has 1 aromatic rings. The summed E-state index contributed by atoms with van der Waals surface area (Å²) in [6, 6.07) is 8.44. The third-order valence-electron chi connectivity index (χ3n) is 4.65. The van der Waals surface area contributed by atoms with Crippen LogP contribution in [0.5, 0.6) is 0 Å². The van der Waals surface area contributed by atoms with Crippen LogP contribution in [0.1, 0.15) is 30.5 Å². The van der Waals surface area contributed by atoms with E-state index in [1.165, 1.54) is 11.1 Å². The molecule has 0 radical (unpaired) electrons. The van der Waals surface area contributed by atoms with E-state index in [0.29, 0.717) is 12.1 Å². The number of hydrazone groups is 1. The van der Waals surface area contributed by atoms with Gasteiger partial charge in [0.05, 0.1) is 10.5 Å². The number of fused-ring (bicyclic) bond motifs is 2. The number of allylic oxidation sites excluding steroid dienone is 1. The lowest BCUT2D eigenvalue weighted by Gasteiger charge is -2.35. The van der Waals surface area contributed by atoms with Crippen LogP contribution in [0.15, 0.2) is 45.0 Å². The van der Waals surface area contributed by atoms with E-state index in [4.69, 9.17) is 0 Å². The topological polar surface area (TPSA) is 48.3 Å². The molecule has 0 aromatic heterocycles. The van der Waals surface area contributed by atoms with Gasteiger partial charge in [0.1, 0.15) is 11.9 Å². The van der Waals surface area contributed by atoms with Gasteiger partial charge in [-0.25, -0.2) is 5.01 Å². The van der Waals surface area contributed by atoms with Crippen LogP contribution in [0.25, 0.3) is 0 Å². The second-order valence-electron chi connectivity index (χ2n) is 6.03. The van der Waals surface area contributed by atoms with Crippen LogP contribution >= 0.6 is 15.9 Å². The molecule has 3 heterocycles. The average Bonchev–Trinajstić information content (AvgIpc) is 2.98. The average molecular weight is 373 g/mol. The Bertz CT molecular complexity index is 755. The summed E-state index contributed by atoms with van der Waals surface area (Å²) >= 11 is 3.39. The molecule has 0 fully saturated rings. The van der Waals surface area contributed by atoms with Crippen LogP contribution in [0.4, 0.5) is 0 Å². The van der Waals surface area contributed by atoms with Gasteiger partial charge >= 0.3 is 0 Å². The van der Waals surface area contributed by atoms with Crippen LogP contribution in [0, 0.1) is 0 Å². The summed E-state index contributed by atoms with van der Waals surface area (Å²) in [5.74, 6) is 0.0288. The normalized spacial score (nSPS) is 25.7. The van der Waals surface area contributed by atoms with E-state index < -0.39 is 0 Å². The molecule has 0 aliphatic carbocycles. The van der Waals surface area contributed by atoms with E-state index in [0.717, 1.165) is 17.4 Å². The third kappa shape index (κ3) is 2.51. The molecule has 1 aromatic carbocycles. The number of aliphatic imine (C=N–C) groups is 1. The fourth-order valence-electron chi connectivity index (χ4n) is 3.41. The van der Waals surface area contributed by atoms with Gasteiger partial charge in [0.2, 0.25) is 0 Å². The molecule has 6 heteroatoms. The Kier molecular flexibility index (Phi) is 3.56. The van der Waals surface area contributed by atoms with Gasteiger partial charge in [-0.3, -0.25) is 9.79 Å². The van der Waals surface area contributed by atoms with Gasteiger partial charge in [-0.1, -0.05) is 24.3 Å². The molecule has 4 rings (SSSR count). The molecule has 5 nitrogen and oxygen atoms in total. The van der Waals surface area contributed by atoms with Gasteiger partial charge in [-0.2, -0.15) is 5.10 Å². The second kappa shape index (κ2) is 5.60. The SMILES string of the molecule is CC1c2ccccc2CCN1C(=O)C1=NN2C=C(Br)C=NC2C1. The summed E-state index contributed by atoms with van der Waals surface area (Å²) in [5, 5.41) is 6.23. The molecule has 2 unspecified atom stereocenters. The van der Waals surface area contributed by atoms with Gasteiger partial charge in [-0.15, -0.1) is 0 Å². The van der Waals surface area contributed by atoms with Crippen LogP contribution in [0.2, 0.25) is 0 Å². The zero-order valence-corrected chi connectivity index (χ0v) is 14.4. The van der Waals surface area contributed by atoms with Crippen molar-refractivity contribution in [2.24, 2.45) is 10.1 Å². The van der Waals surface area contributed by atoms with Crippen LogP contribution in [-0.4, -0.2) is 40.5 Å². The van der Waals surface area contributed by atoms with Crippen LogP contribution < -0.4 is 0 Å². The van der Waals surface area contributed by atoms with E-state index in [-0.39, 0.29) is 18.1 Å². The van der Waals surface area contributed by atoms with Crippen molar-refractivity contribution >= 4 is 33.8 Å². The largest absolute Gasteiger partial charge is 0.330 e. The number of nitrogens with zero attached hydrogens (tertiary/aromatic N) is 4. The van der Waals surface area contributed by atoms with Crippen molar-refractivity contribution in [3.8, 4) is 0 Å². The molecule has 1 amide bonds. The summed E-state index contributed by atoms with van der Waals surface area (Å²) in [7, 11) is 0. The number of carbonyl (C=O) groups is 1. The number of hydrogen-bond acceptors (Lipinski definition) is 4. The van der Waals surface area contributed by atoms with Crippen LogP contribution in [0.3, 0.4) is 0 Å². The van der Waals surface area contributed by atoms with Gasteiger partial charge < -0.3 is 4.90 Å². The molecule has 3 aliphatic rings. The maximum atomic E-state index is 12.9. The first-order valence-corrected chi connectivity index (χ1v) is 8.58. The highest BCUT2D eigenvalue weighted by molar-refractivity contribution is 9.12. The summed E-state index contributed by atoms with van der Waals surface area (Å²) in [6.07, 6.45) is 5.02. The molecule has 0 spiro atoms. The highest BCUT2D eigenvalue weighted by atomic mass is 79.9. The lowest BCUT2D eigenvalue weighted by atomic mass is 9.93. The van der Waals surface area contributed by atoms with Crippen molar-refractivity contribution in [1.82, 2.24) is 9.91 Å². The molecule has 2 atom stereocenters. The highest BCUT2D eigenvalue weighted by Crippen LogP contribution is 2.31. The summed E-state index contributed by atoms with van der Waals surface area (Å²) in [6.45, 7) is 2.83. The molecule has 0 N–H and O–H groups in total. The first-order valence-electron chi connectivity index (χ1n) is 7.78. The number of benzene rings is 1.